The highest BCUT2D eigenvalue weighted by molar-refractivity contribution is 6.74. The molecule has 18 heavy (non-hydrogen) atoms. The van der Waals surface area contributed by atoms with Crippen molar-refractivity contribution >= 4 is 8.32 Å². The Balaban J connectivity index is 2.62. The molecule has 1 heterocycles. The average molecular weight is 270 g/mol. The summed E-state index contributed by atoms with van der Waals surface area (Å²) in [6.45, 7) is 15.4. The Kier molecular flexibility index (Phi) is 4.34. The summed E-state index contributed by atoms with van der Waals surface area (Å²) < 4.78 is 17.6. The fraction of sp³-hybridized carbons (Fsp3) is 0.857. The number of hydrogen-bond acceptors (Lipinski definition) is 3. The first kappa shape index (κ1) is 15.7. The Morgan fingerprint density at radius 2 is 1.83 bits per heavy atom. The van der Waals surface area contributed by atoms with Gasteiger partial charge in [-0.15, -0.1) is 6.42 Å². The first-order chi connectivity index (χ1) is 7.98. The van der Waals surface area contributed by atoms with Crippen molar-refractivity contribution in [3.8, 4) is 12.3 Å². The van der Waals surface area contributed by atoms with Crippen LogP contribution in [0.5, 0.6) is 0 Å². The molecule has 1 rings (SSSR count). The van der Waals surface area contributed by atoms with Gasteiger partial charge < -0.3 is 13.9 Å². The third-order valence-corrected chi connectivity index (χ3v) is 8.26. The van der Waals surface area contributed by atoms with E-state index >= 15 is 0 Å². The molecule has 1 aliphatic heterocycles. The lowest BCUT2D eigenvalue weighted by atomic mass is 10.2. The fourth-order valence-corrected chi connectivity index (χ4v) is 2.62. The molecule has 0 unspecified atom stereocenters. The Bertz CT molecular complexity index is 336. The van der Waals surface area contributed by atoms with Gasteiger partial charge >= 0.3 is 0 Å². The number of rotatable bonds is 3. The van der Waals surface area contributed by atoms with Gasteiger partial charge in [-0.25, -0.2) is 0 Å². The normalized spacial score (nSPS) is 28.1. The van der Waals surface area contributed by atoms with Crippen LogP contribution in [0.2, 0.25) is 18.1 Å². The number of terminal acetylenes is 1. The van der Waals surface area contributed by atoms with Crippen molar-refractivity contribution in [1.82, 2.24) is 0 Å². The summed E-state index contributed by atoms with van der Waals surface area (Å²) in [6.07, 6.45) is 4.99. The summed E-state index contributed by atoms with van der Waals surface area (Å²) in [5.41, 5.74) is 0. The van der Waals surface area contributed by atoms with E-state index in [1.54, 1.807) is 0 Å². The molecular weight excluding hydrogens is 244 g/mol. The van der Waals surface area contributed by atoms with Gasteiger partial charge in [0.05, 0.1) is 6.61 Å². The zero-order valence-corrected chi connectivity index (χ0v) is 13.7. The third kappa shape index (κ3) is 3.58. The van der Waals surface area contributed by atoms with E-state index in [1.807, 2.05) is 13.8 Å². The Morgan fingerprint density at radius 1 is 1.28 bits per heavy atom. The van der Waals surface area contributed by atoms with Crippen LogP contribution in [0.1, 0.15) is 34.6 Å². The van der Waals surface area contributed by atoms with E-state index in [2.05, 4.69) is 39.8 Å². The van der Waals surface area contributed by atoms with Crippen molar-refractivity contribution in [2.45, 2.75) is 70.7 Å². The van der Waals surface area contributed by atoms with Gasteiger partial charge in [-0.3, -0.25) is 0 Å². The summed E-state index contributed by atoms with van der Waals surface area (Å²) in [4.78, 5) is 0. The Morgan fingerprint density at radius 3 is 2.28 bits per heavy atom. The van der Waals surface area contributed by atoms with Crippen LogP contribution in [0.25, 0.3) is 0 Å². The van der Waals surface area contributed by atoms with E-state index in [0.29, 0.717) is 6.61 Å². The second-order valence-corrected chi connectivity index (χ2v) is 11.6. The van der Waals surface area contributed by atoms with Crippen molar-refractivity contribution in [2.24, 2.45) is 0 Å². The highest BCUT2D eigenvalue weighted by atomic mass is 28.4. The van der Waals surface area contributed by atoms with Crippen LogP contribution in [0.15, 0.2) is 0 Å². The van der Waals surface area contributed by atoms with Crippen LogP contribution in [0, 0.1) is 12.3 Å². The largest absolute Gasteiger partial charge is 0.414 e. The molecule has 4 heteroatoms. The van der Waals surface area contributed by atoms with Gasteiger partial charge in [0.15, 0.2) is 14.1 Å². The molecule has 1 saturated heterocycles. The van der Waals surface area contributed by atoms with E-state index in [4.69, 9.17) is 20.3 Å². The minimum absolute atomic E-state index is 0.167. The van der Waals surface area contributed by atoms with E-state index in [-0.39, 0.29) is 17.2 Å². The Hall–Kier alpha value is -0.343. The standard InChI is InChI=1S/C14H26O3Si/c1-9-11-12(17-14(5,6)16-11)10-15-18(7,8)13(2,3)4/h1,11-12H,10H2,2-8H3/t11-,12-/m0/s1. The summed E-state index contributed by atoms with van der Waals surface area (Å²) in [5.74, 6) is 2.02. The lowest BCUT2D eigenvalue weighted by Gasteiger charge is -2.37. The molecule has 2 atom stereocenters. The van der Waals surface area contributed by atoms with Crippen molar-refractivity contribution in [3.05, 3.63) is 0 Å². The number of ether oxygens (including phenoxy) is 2. The maximum Gasteiger partial charge on any atom is 0.192 e. The monoisotopic (exact) mass is 270 g/mol. The van der Waals surface area contributed by atoms with Gasteiger partial charge in [-0.1, -0.05) is 26.7 Å². The SMILES string of the molecule is C#C[C@@H]1OC(C)(C)O[C@H]1CO[Si](C)(C)C(C)(C)C. The predicted molar refractivity (Wildman–Crippen MR) is 75.8 cm³/mol. The predicted octanol–water partition coefficient (Wildman–Crippen LogP) is 3.16. The lowest BCUT2D eigenvalue weighted by molar-refractivity contribution is -0.145. The molecule has 1 aliphatic rings. The first-order valence-electron chi connectivity index (χ1n) is 6.44. The zero-order chi connectivity index (χ0) is 14.2. The quantitative estimate of drug-likeness (QED) is 0.582. The van der Waals surface area contributed by atoms with Crippen molar-refractivity contribution < 1.29 is 13.9 Å². The molecule has 0 spiro atoms. The van der Waals surface area contributed by atoms with Crippen LogP contribution < -0.4 is 0 Å². The number of hydrogen-bond donors (Lipinski definition) is 0. The molecular formula is C14H26O3Si. The summed E-state index contributed by atoms with van der Waals surface area (Å²) in [7, 11) is -1.77. The van der Waals surface area contributed by atoms with E-state index in [9.17, 15) is 0 Å². The lowest BCUT2D eigenvalue weighted by Crippen LogP contribution is -2.43. The van der Waals surface area contributed by atoms with Gasteiger partial charge in [-0.05, 0) is 32.0 Å². The second kappa shape index (κ2) is 4.97. The summed E-state index contributed by atoms with van der Waals surface area (Å²) in [5, 5.41) is 0.188. The highest BCUT2D eigenvalue weighted by Crippen LogP contribution is 2.37. The summed E-state index contributed by atoms with van der Waals surface area (Å²) in [6, 6.07) is 0. The zero-order valence-electron chi connectivity index (χ0n) is 12.7. The molecule has 0 aromatic rings. The maximum absolute atomic E-state index is 6.14. The minimum Gasteiger partial charge on any atom is -0.414 e. The van der Waals surface area contributed by atoms with Gasteiger partial charge in [0.25, 0.3) is 0 Å². The maximum atomic E-state index is 6.14. The first-order valence-corrected chi connectivity index (χ1v) is 9.35. The average Bonchev–Trinajstić information content (AvgIpc) is 2.48. The Labute approximate surface area is 112 Å². The molecule has 104 valence electrons. The topological polar surface area (TPSA) is 27.7 Å². The summed E-state index contributed by atoms with van der Waals surface area (Å²) >= 11 is 0. The van der Waals surface area contributed by atoms with Crippen LogP contribution in [0.3, 0.4) is 0 Å². The molecule has 0 saturated carbocycles. The molecule has 0 bridgehead atoms. The molecule has 3 nitrogen and oxygen atoms in total. The van der Waals surface area contributed by atoms with Gasteiger partial charge in [-0.2, -0.15) is 0 Å². The molecule has 0 radical (unpaired) electrons. The second-order valence-electron chi connectivity index (χ2n) is 6.83. The minimum atomic E-state index is -1.77. The van der Waals surface area contributed by atoms with Gasteiger partial charge in [0.1, 0.15) is 12.2 Å². The van der Waals surface area contributed by atoms with Crippen LogP contribution in [-0.2, 0) is 13.9 Å². The molecule has 0 amide bonds. The fourth-order valence-electron chi connectivity index (χ4n) is 1.61. The van der Waals surface area contributed by atoms with Crippen LogP contribution >= 0.6 is 0 Å². The van der Waals surface area contributed by atoms with E-state index < -0.39 is 14.1 Å². The van der Waals surface area contributed by atoms with Gasteiger partial charge in [0.2, 0.25) is 0 Å². The smallest absolute Gasteiger partial charge is 0.192 e. The van der Waals surface area contributed by atoms with Crippen molar-refractivity contribution in [2.75, 3.05) is 6.61 Å². The molecule has 0 aliphatic carbocycles. The molecule has 0 N–H and O–H groups in total. The molecule has 0 aromatic carbocycles. The third-order valence-electron chi connectivity index (χ3n) is 3.76. The van der Waals surface area contributed by atoms with E-state index in [0.717, 1.165) is 0 Å². The van der Waals surface area contributed by atoms with Crippen molar-refractivity contribution in [1.29, 1.82) is 0 Å². The van der Waals surface area contributed by atoms with Crippen LogP contribution in [-0.4, -0.2) is 32.9 Å². The molecule has 0 aromatic heterocycles. The van der Waals surface area contributed by atoms with Crippen LogP contribution in [0.4, 0.5) is 0 Å². The van der Waals surface area contributed by atoms with Crippen molar-refractivity contribution in [3.63, 3.8) is 0 Å². The molecule has 1 fully saturated rings. The van der Waals surface area contributed by atoms with E-state index in [1.165, 1.54) is 0 Å². The highest BCUT2D eigenvalue weighted by Gasteiger charge is 2.43. The van der Waals surface area contributed by atoms with Gasteiger partial charge in [0, 0.05) is 0 Å².